The van der Waals surface area contributed by atoms with Gasteiger partial charge in [0.25, 0.3) is 0 Å². The fourth-order valence-corrected chi connectivity index (χ4v) is 1.78. The smallest absolute Gasteiger partial charge is 0.317 e. The van der Waals surface area contributed by atoms with Gasteiger partial charge in [0.05, 0.1) is 0 Å². The van der Waals surface area contributed by atoms with Crippen LogP contribution in [0.2, 0.25) is 0 Å². The molecule has 0 unspecified atom stereocenters. The van der Waals surface area contributed by atoms with E-state index in [9.17, 15) is 4.79 Å². The Morgan fingerprint density at radius 1 is 1.46 bits per heavy atom. The molecule has 0 saturated carbocycles. The molecule has 0 aliphatic carbocycles. The standard InChI is InChI=1S/C10H20N2O/c1-4-10(3,5-2)12-8-6-7-11-9(12)13/h4-8H2,1-3H3,(H,11,13). The summed E-state index contributed by atoms with van der Waals surface area (Å²) in [5.74, 6) is 0. The van der Waals surface area contributed by atoms with Crippen molar-refractivity contribution >= 4 is 6.03 Å². The second kappa shape index (κ2) is 3.99. The Kier molecular flexibility index (Phi) is 3.17. The SMILES string of the molecule is CCC(C)(CC)N1CCCNC1=O. The molecular weight excluding hydrogens is 164 g/mol. The number of carbonyl (C=O) groups is 1. The molecule has 0 aromatic heterocycles. The maximum atomic E-state index is 11.6. The highest BCUT2D eigenvalue weighted by atomic mass is 16.2. The summed E-state index contributed by atoms with van der Waals surface area (Å²) in [7, 11) is 0. The van der Waals surface area contributed by atoms with E-state index in [1.807, 2.05) is 4.90 Å². The van der Waals surface area contributed by atoms with Gasteiger partial charge in [-0.2, -0.15) is 0 Å². The Balaban J connectivity index is 2.71. The zero-order valence-corrected chi connectivity index (χ0v) is 8.89. The first-order chi connectivity index (χ1) is 6.14. The lowest BCUT2D eigenvalue weighted by molar-refractivity contribution is 0.104. The van der Waals surface area contributed by atoms with Crippen molar-refractivity contribution in [2.45, 2.75) is 45.6 Å². The molecule has 1 heterocycles. The monoisotopic (exact) mass is 184 g/mol. The predicted octanol–water partition coefficient (Wildman–Crippen LogP) is 1.98. The van der Waals surface area contributed by atoms with Crippen molar-refractivity contribution in [1.29, 1.82) is 0 Å². The van der Waals surface area contributed by atoms with Gasteiger partial charge in [0, 0.05) is 18.6 Å². The first kappa shape index (κ1) is 10.4. The van der Waals surface area contributed by atoms with Gasteiger partial charge >= 0.3 is 6.03 Å². The van der Waals surface area contributed by atoms with E-state index in [4.69, 9.17) is 0 Å². The molecule has 76 valence electrons. The van der Waals surface area contributed by atoms with E-state index in [-0.39, 0.29) is 11.6 Å². The minimum Gasteiger partial charge on any atom is -0.338 e. The average Bonchev–Trinajstić information content (AvgIpc) is 2.17. The first-order valence-corrected chi connectivity index (χ1v) is 5.19. The maximum absolute atomic E-state index is 11.6. The highest BCUT2D eigenvalue weighted by molar-refractivity contribution is 5.75. The molecule has 1 saturated heterocycles. The summed E-state index contributed by atoms with van der Waals surface area (Å²) in [5, 5.41) is 2.89. The van der Waals surface area contributed by atoms with E-state index in [2.05, 4.69) is 26.1 Å². The van der Waals surface area contributed by atoms with Crippen LogP contribution in [-0.2, 0) is 0 Å². The fourth-order valence-electron chi connectivity index (χ4n) is 1.78. The number of hydrogen-bond acceptors (Lipinski definition) is 1. The normalized spacial score (nSPS) is 18.7. The van der Waals surface area contributed by atoms with Crippen LogP contribution in [0.25, 0.3) is 0 Å². The maximum Gasteiger partial charge on any atom is 0.317 e. The topological polar surface area (TPSA) is 32.3 Å². The van der Waals surface area contributed by atoms with Crippen molar-refractivity contribution in [3.63, 3.8) is 0 Å². The molecular formula is C10H20N2O. The Bertz CT molecular complexity index is 187. The van der Waals surface area contributed by atoms with E-state index in [1.54, 1.807) is 0 Å². The van der Waals surface area contributed by atoms with Gasteiger partial charge in [-0.15, -0.1) is 0 Å². The van der Waals surface area contributed by atoms with Gasteiger partial charge < -0.3 is 10.2 Å². The number of carbonyl (C=O) groups excluding carboxylic acids is 1. The first-order valence-electron chi connectivity index (χ1n) is 5.19. The van der Waals surface area contributed by atoms with Gasteiger partial charge in [0.1, 0.15) is 0 Å². The highest BCUT2D eigenvalue weighted by Crippen LogP contribution is 2.24. The minimum absolute atomic E-state index is 0.0461. The van der Waals surface area contributed by atoms with Gasteiger partial charge in [-0.3, -0.25) is 0 Å². The van der Waals surface area contributed by atoms with Crippen LogP contribution in [0.4, 0.5) is 4.79 Å². The third-order valence-electron chi connectivity index (χ3n) is 3.25. The lowest BCUT2D eigenvalue weighted by Gasteiger charge is -2.42. The zero-order valence-electron chi connectivity index (χ0n) is 8.89. The highest BCUT2D eigenvalue weighted by Gasteiger charge is 2.33. The zero-order chi connectivity index (χ0) is 9.90. The quantitative estimate of drug-likeness (QED) is 0.714. The van der Waals surface area contributed by atoms with E-state index in [0.717, 1.165) is 32.4 Å². The predicted molar refractivity (Wildman–Crippen MR) is 53.7 cm³/mol. The molecule has 0 aromatic rings. The minimum atomic E-state index is 0.0461. The number of nitrogens with one attached hydrogen (secondary N) is 1. The second-order valence-corrected chi connectivity index (χ2v) is 3.94. The molecule has 2 amide bonds. The average molecular weight is 184 g/mol. The summed E-state index contributed by atoms with van der Waals surface area (Å²) >= 11 is 0. The van der Waals surface area contributed by atoms with Crippen LogP contribution in [0.15, 0.2) is 0 Å². The molecule has 0 atom stereocenters. The van der Waals surface area contributed by atoms with Crippen molar-refractivity contribution in [3.05, 3.63) is 0 Å². The van der Waals surface area contributed by atoms with Crippen molar-refractivity contribution < 1.29 is 4.79 Å². The molecule has 13 heavy (non-hydrogen) atoms. The molecule has 1 aliphatic heterocycles. The Morgan fingerprint density at radius 3 is 2.54 bits per heavy atom. The summed E-state index contributed by atoms with van der Waals surface area (Å²) in [4.78, 5) is 13.6. The molecule has 1 aliphatic rings. The molecule has 0 spiro atoms. The Labute approximate surface area is 80.5 Å². The van der Waals surface area contributed by atoms with Gasteiger partial charge in [0.15, 0.2) is 0 Å². The van der Waals surface area contributed by atoms with Crippen molar-refractivity contribution in [1.82, 2.24) is 10.2 Å². The van der Waals surface area contributed by atoms with Crippen LogP contribution in [-0.4, -0.2) is 29.6 Å². The number of nitrogens with zero attached hydrogens (tertiary/aromatic N) is 1. The van der Waals surface area contributed by atoms with Gasteiger partial charge in [-0.25, -0.2) is 4.79 Å². The molecule has 0 radical (unpaired) electrons. The molecule has 3 nitrogen and oxygen atoms in total. The number of hydrogen-bond donors (Lipinski definition) is 1. The number of amides is 2. The summed E-state index contributed by atoms with van der Waals surface area (Å²) in [6.45, 7) is 8.19. The molecule has 0 aromatic carbocycles. The van der Waals surface area contributed by atoms with E-state index >= 15 is 0 Å². The Morgan fingerprint density at radius 2 is 2.08 bits per heavy atom. The Hall–Kier alpha value is -0.730. The molecule has 3 heteroatoms. The van der Waals surface area contributed by atoms with Crippen LogP contribution in [0.5, 0.6) is 0 Å². The number of urea groups is 1. The van der Waals surface area contributed by atoms with Gasteiger partial charge in [-0.05, 0) is 26.2 Å². The van der Waals surface area contributed by atoms with Crippen LogP contribution >= 0.6 is 0 Å². The fraction of sp³-hybridized carbons (Fsp3) is 0.900. The van der Waals surface area contributed by atoms with Crippen LogP contribution in [0.1, 0.15) is 40.0 Å². The summed E-state index contributed by atoms with van der Waals surface area (Å²) < 4.78 is 0. The van der Waals surface area contributed by atoms with E-state index < -0.39 is 0 Å². The third kappa shape index (κ3) is 1.95. The van der Waals surface area contributed by atoms with Crippen molar-refractivity contribution in [2.24, 2.45) is 0 Å². The molecule has 1 N–H and O–H groups in total. The van der Waals surface area contributed by atoms with Crippen molar-refractivity contribution in [3.8, 4) is 0 Å². The third-order valence-corrected chi connectivity index (χ3v) is 3.25. The van der Waals surface area contributed by atoms with Gasteiger partial charge in [-0.1, -0.05) is 13.8 Å². The lowest BCUT2D eigenvalue weighted by atomic mass is 9.92. The van der Waals surface area contributed by atoms with E-state index in [1.165, 1.54) is 0 Å². The second-order valence-electron chi connectivity index (χ2n) is 3.94. The lowest BCUT2D eigenvalue weighted by Crippen LogP contribution is -2.56. The van der Waals surface area contributed by atoms with Crippen LogP contribution in [0.3, 0.4) is 0 Å². The van der Waals surface area contributed by atoms with Gasteiger partial charge in [0.2, 0.25) is 0 Å². The van der Waals surface area contributed by atoms with E-state index in [0.29, 0.717) is 0 Å². The van der Waals surface area contributed by atoms with Crippen LogP contribution in [0, 0.1) is 0 Å². The van der Waals surface area contributed by atoms with Crippen LogP contribution < -0.4 is 5.32 Å². The molecule has 1 fully saturated rings. The van der Waals surface area contributed by atoms with Crippen molar-refractivity contribution in [2.75, 3.05) is 13.1 Å². The summed E-state index contributed by atoms with van der Waals surface area (Å²) in [6.07, 6.45) is 3.12. The molecule has 1 rings (SSSR count). The molecule has 0 bridgehead atoms. The summed E-state index contributed by atoms with van der Waals surface area (Å²) in [5.41, 5.74) is 0.0461. The summed E-state index contributed by atoms with van der Waals surface area (Å²) in [6, 6.07) is 0.109. The largest absolute Gasteiger partial charge is 0.338 e. The number of rotatable bonds is 3.